The molecule has 0 aromatic heterocycles. The van der Waals surface area contributed by atoms with Gasteiger partial charge in [0.25, 0.3) is 0 Å². The Morgan fingerprint density at radius 3 is 2.43 bits per heavy atom. The molecule has 35 heavy (non-hydrogen) atoms. The first-order chi connectivity index (χ1) is 17.1. The Hall–Kier alpha value is -2.41. The Bertz CT molecular complexity index is 897. The van der Waals surface area contributed by atoms with Crippen molar-refractivity contribution in [1.82, 2.24) is 20.0 Å². The Kier molecular flexibility index (Phi) is 9.57. The fourth-order valence-electron chi connectivity index (χ4n) is 5.54. The fourth-order valence-corrected chi connectivity index (χ4v) is 5.54. The number of rotatable bonds is 10. The second-order valence-electron chi connectivity index (χ2n) is 10.2. The van der Waals surface area contributed by atoms with Gasteiger partial charge in [-0.2, -0.15) is 0 Å². The lowest BCUT2D eigenvalue weighted by molar-refractivity contribution is -0.121. The van der Waals surface area contributed by atoms with Gasteiger partial charge >= 0.3 is 0 Å². The fraction of sp³-hybridized carbons (Fsp3) is 0.552. The van der Waals surface area contributed by atoms with Gasteiger partial charge in [0.1, 0.15) is 5.75 Å². The highest BCUT2D eigenvalue weighted by Gasteiger charge is 2.34. The van der Waals surface area contributed by atoms with Crippen molar-refractivity contribution >= 4 is 5.91 Å². The number of methoxy groups -OCH3 is 1. The van der Waals surface area contributed by atoms with Gasteiger partial charge in [0.05, 0.1) is 7.11 Å². The van der Waals surface area contributed by atoms with Gasteiger partial charge in [-0.25, -0.2) is 0 Å². The van der Waals surface area contributed by atoms with Crippen molar-refractivity contribution < 1.29 is 9.53 Å². The van der Waals surface area contributed by atoms with Crippen LogP contribution in [0.3, 0.4) is 0 Å². The van der Waals surface area contributed by atoms with Gasteiger partial charge in [0, 0.05) is 58.3 Å². The van der Waals surface area contributed by atoms with E-state index >= 15 is 0 Å². The van der Waals surface area contributed by atoms with Gasteiger partial charge in [-0.1, -0.05) is 42.5 Å². The zero-order valence-electron chi connectivity index (χ0n) is 21.5. The molecule has 2 atom stereocenters. The number of ether oxygens (including phenoxy) is 1. The van der Waals surface area contributed by atoms with Crippen LogP contribution in [0.1, 0.15) is 30.4 Å². The molecule has 4 rings (SSSR count). The average Bonchev–Trinajstić information content (AvgIpc) is 2.89. The number of benzene rings is 2. The molecule has 6 heteroatoms. The van der Waals surface area contributed by atoms with Crippen molar-refractivity contribution in [2.24, 2.45) is 5.92 Å². The molecule has 0 unspecified atom stereocenters. The van der Waals surface area contributed by atoms with Crippen LogP contribution in [0.25, 0.3) is 0 Å². The smallest absolute Gasteiger partial charge is 0.220 e. The first-order valence-corrected chi connectivity index (χ1v) is 13.2. The number of likely N-dealkylation sites (tertiary alicyclic amines) is 1. The molecule has 0 radical (unpaired) electrons. The molecular weight excluding hydrogens is 436 g/mol. The van der Waals surface area contributed by atoms with E-state index in [-0.39, 0.29) is 5.91 Å². The summed E-state index contributed by atoms with van der Waals surface area (Å²) in [6.45, 7) is 8.46. The molecule has 2 saturated heterocycles. The van der Waals surface area contributed by atoms with Crippen LogP contribution < -0.4 is 10.1 Å². The van der Waals surface area contributed by atoms with Crippen LogP contribution in [-0.2, 0) is 17.8 Å². The summed E-state index contributed by atoms with van der Waals surface area (Å²) in [6.07, 6.45) is 3.60. The highest BCUT2D eigenvalue weighted by atomic mass is 16.5. The third-order valence-electron chi connectivity index (χ3n) is 7.67. The van der Waals surface area contributed by atoms with Gasteiger partial charge < -0.3 is 15.0 Å². The molecule has 2 aromatic rings. The van der Waals surface area contributed by atoms with Crippen LogP contribution in [0.15, 0.2) is 54.6 Å². The van der Waals surface area contributed by atoms with Gasteiger partial charge in [0.15, 0.2) is 0 Å². The number of amides is 1. The predicted octanol–water partition coefficient (Wildman–Crippen LogP) is 3.27. The summed E-state index contributed by atoms with van der Waals surface area (Å²) >= 11 is 0. The quantitative estimate of drug-likeness (QED) is 0.568. The summed E-state index contributed by atoms with van der Waals surface area (Å²) in [6, 6.07) is 19.4. The van der Waals surface area contributed by atoms with Crippen molar-refractivity contribution in [3.8, 4) is 5.75 Å². The number of carbonyl (C=O) groups is 1. The summed E-state index contributed by atoms with van der Waals surface area (Å²) in [5.41, 5.74) is 2.59. The molecule has 0 spiro atoms. The third kappa shape index (κ3) is 7.79. The van der Waals surface area contributed by atoms with Crippen LogP contribution >= 0.6 is 0 Å². The first-order valence-electron chi connectivity index (χ1n) is 13.2. The summed E-state index contributed by atoms with van der Waals surface area (Å²) in [4.78, 5) is 20.4. The maximum Gasteiger partial charge on any atom is 0.220 e. The van der Waals surface area contributed by atoms with E-state index in [0.29, 0.717) is 24.9 Å². The van der Waals surface area contributed by atoms with Gasteiger partial charge in [-0.05, 0) is 62.0 Å². The molecule has 2 aromatic carbocycles. The van der Waals surface area contributed by atoms with Gasteiger partial charge in [-0.15, -0.1) is 0 Å². The van der Waals surface area contributed by atoms with Crippen LogP contribution in [0.5, 0.6) is 5.75 Å². The zero-order valence-corrected chi connectivity index (χ0v) is 21.5. The van der Waals surface area contributed by atoms with Crippen molar-refractivity contribution in [1.29, 1.82) is 0 Å². The lowest BCUT2D eigenvalue weighted by Crippen LogP contribution is -2.56. The predicted molar refractivity (Wildman–Crippen MR) is 142 cm³/mol. The number of nitrogens with zero attached hydrogens (tertiary/aromatic N) is 3. The molecule has 1 amide bonds. The van der Waals surface area contributed by atoms with E-state index in [4.69, 9.17) is 4.74 Å². The van der Waals surface area contributed by atoms with Gasteiger partial charge in [0.2, 0.25) is 5.91 Å². The van der Waals surface area contributed by atoms with E-state index in [1.54, 1.807) is 7.11 Å². The first kappa shape index (κ1) is 25.7. The largest absolute Gasteiger partial charge is 0.497 e. The summed E-state index contributed by atoms with van der Waals surface area (Å²) in [7, 11) is 3.89. The van der Waals surface area contributed by atoms with E-state index in [0.717, 1.165) is 64.4 Å². The molecule has 0 bridgehead atoms. The number of likely N-dealkylation sites (N-methyl/N-ethyl adjacent to an activating group) is 1. The molecule has 0 aliphatic carbocycles. The number of piperidine rings is 1. The van der Waals surface area contributed by atoms with E-state index in [2.05, 4.69) is 69.5 Å². The number of carbonyl (C=O) groups excluding carboxylic acids is 1. The summed E-state index contributed by atoms with van der Waals surface area (Å²) < 4.78 is 5.22. The maximum atomic E-state index is 12.7. The number of nitrogens with one attached hydrogen (secondary N) is 1. The highest BCUT2D eigenvalue weighted by molar-refractivity contribution is 5.75. The Morgan fingerprint density at radius 1 is 0.971 bits per heavy atom. The topological polar surface area (TPSA) is 48.1 Å². The highest BCUT2D eigenvalue weighted by Crippen LogP contribution is 2.28. The molecule has 2 fully saturated rings. The lowest BCUT2D eigenvalue weighted by Gasteiger charge is -2.46. The maximum absolute atomic E-state index is 12.7. The van der Waals surface area contributed by atoms with Crippen molar-refractivity contribution in [2.75, 3.05) is 60.0 Å². The van der Waals surface area contributed by atoms with Crippen molar-refractivity contribution in [3.63, 3.8) is 0 Å². The second kappa shape index (κ2) is 13.1. The van der Waals surface area contributed by atoms with Crippen molar-refractivity contribution in [3.05, 3.63) is 65.7 Å². The normalized spacial score (nSPS) is 22.1. The molecule has 6 nitrogen and oxygen atoms in total. The Balaban J connectivity index is 1.28. The van der Waals surface area contributed by atoms with E-state index < -0.39 is 0 Å². The van der Waals surface area contributed by atoms with Crippen LogP contribution in [0.2, 0.25) is 0 Å². The van der Waals surface area contributed by atoms with Gasteiger partial charge in [-0.3, -0.25) is 14.6 Å². The molecule has 2 aliphatic rings. The minimum atomic E-state index is 0.177. The SMILES string of the molecule is COc1ccc(CCNC(=O)CC[C@H]2CN(Cc3ccccc3)CC[C@H]2N2CCN(C)CC2)cc1. The van der Waals surface area contributed by atoms with E-state index in [1.165, 1.54) is 17.5 Å². The monoisotopic (exact) mass is 478 g/mol. The number of hydrogen-bond acceptors (Lipinski definition) is 5. The number of piperazine rings is 1. The Labute approximate surface area is 211 Å². The Morgan fingerprint density at radius 2 is 1.71 bits per heavy atom. The molecule has 1 N–H and O–H groups in total. The van der Waals surface area contributed by atoms with Crippen LogP contribution in [0, 0.1) is 5.92 Å². The number of hydrogen-bond donors (Lipinski definition) is 1. The minimum absolute atomic E-state index is 0.177. The van der Waals surface area contributed by atoms with Crippen LogP contribution in [0.4, 0.5) is 0 Å². The van der Waals surface area contributed by atoms with Crippen LogP contribution in [-0.4, -0.2) is 86.6 Å². The lowest BCUT2D eigenvalue weighted by atomic mass is 9.86. The third-order valence-corrected chi connectivity index (χ3v) is 7.67. The molecule has 190 valence electrons. The summed E-state index contributed by atoms with van der Waals surface area (Å²) in [5.74, 6) is 1.57. The summed E-state index contributed by atoms with van der Waals surface area (Å²) in [5, 5.41) is 3.15. The van der Waals surface area contributed by atoms with E-state index in [9.17, 15) is 4.79 Å². The molecule has 2 heterocycles. The second-order valence-corrected chi connectivity index (χ2v) is 10.2. The average molecular weight is 479 g/mol. The standard InChI is InChI=1S/C29H42N4O2/c1-31-18-20-33(21-19-31)28-15-17-32(22-25-6-4-3-5-7-25)23-26(28)10-13-29(34)30-16-14-24-8-11-27(35-2)12-9-24/h3-9,11-12,26,28H,10,13-23H2,1-2H3,(H,30,34)/t26-,28+/m0/s1. The van der Waals surface area contributed by atoms with E-state index in [1.807, 2.05) is 12.1 Å². The van der Waals surface area contributed by atoms with Crippen molar-refractivity contribution in [2.45, 2.75) is 38.3 Å². The molecule has 2 aliphatic heterocycles. The minimum Gasteiger partial charge on any atom is -0.497 e. The zero-order chi connectivity index (χ0) is 24.5. The molecule has 0 saturated carbocycles. The molecular formula is C29H42N4O2.